The molecule has 0 fully saturated rings. The summed E-state index contributed by atoms with van der Waals surface area (Å²) >= 11 is 11.8. The van der Waals surface area contributed by atoms with Gasteiger partial charge in [0.05, 0.1) is 10.0 Å². The Balaban J connectivity index is 1.49. The average molecular weight is 367 g/mol. The van der Waals surface area contributed by atoms with Crippen LogP contribution in [0.25, 0.3) is 0 Å². The Bertz CT molecular complexity index is 753. The van der Waals surface area contributed by atoms with Gasteiger partial charge in [0.25, 0.3) is 0 Å². The zero-order chi connectivity index (χ0) is 16.9. The minimum absolute atomic E-state index is 0.0979. The third kappa shape index (κ3) is 4.24. The van der Waals surface area contributed by atoms with E-state index in [0.29, 0.717) is 53.4 Å². The lowest BCUT2D eigenvalue weighted by Gasteiger charge is -2.19. The summed E-state index contributed by atoms with van der Waals surface area (Å²) in [6, 6.07) is 10.6. The summed E-state index contributed by atoms with van der Waals surface area (Å²) in [6.45, 7) is 1.53. The maximum absolute atomic E-state index is 12.0. The molecule has 0 atom stereocenters. The maximum Gasteiger partial charge on any atom is 0.226 e. The molecule has 0 aromatic heterocycles. The number of nitrogens with one attached hydrogen (secondary N) is 2. The number of hydrogen-bond donors (Lipinski definition) is 2. The Morgan fingerprint density at radius 2 is 1.71 bits per heavy atom. The lowest BCUT2D eigenvalue weighted by Crippen LogP contribution is -2.18. The second-order valence-electron chi connectivity index (χ2n) is 5.21. The fourth-order valence-corrected chi connectivity index (χ4v) is 2.57. The summed E-state index contributed by atoms with van der Waals surface area (Å²) in [6.07, 6.45) is 0.314. The standard InChI is InChI=1S/C17H16Cl2N2O3/c18-13-3-1-11(9-14(13)19)20-6-5-17(22)21-12-2-4-15-16(10-12)24-8-7-23-15/h1-4,9-10,20H,5-8H2,(H,21,22). The highest BCUT2D eigenvalue weighted by Gasteiger charge is 2.12. The number of ether oxygens (including phenoxy) is 2. The summed E-state index contributed by atoms with van der Waals surface area (Å²) in [5.41, 5.74) is 1.50. The number of amides is 1. The third-order valence-electron chi connectivity index (χ3n) is 3.43. The largest absolute Gasteiger partial charge is 0.486 e. The van der Waals surface area contributed by atoms with Crippen LogP contribution in [0.4, 0.5) is 11.4 Å². The molecule has 1 aliphatic rings. The normalized spacial score (nSPS) is 12.6. The SMILES string of the molecule is O=C(CCNc1ccc(Cl)c(Cl)c1)Nc1ccc2c(c1)OCCO2. The number of anilines is 2. The van der Waals surface area contributed by atoms with Crippen LogP contribution >= 0.6 is 23.2 Å². The highest BCUT2D eigenvalue weighted by atomic mass is 35.5. The molecule has 5 nitrogen and oxygen atoms in total. The van der Waals surface area contributed by atoms with E-state index in [1.54, 1.807) is 30.3 Å². The van der Waals surface area contributed by atoms with E-state index in [-0.39, 0.29) is 5.91 Å². The van der Waals surface area contributed by atoms with Crippen molar-refractivity contribution in [2.45, 2.75) is 6.42 Å². The molecule has 0 radical (unpaired) electrons. The Hall–Kier alpha value is -2.11. The van der Waals surface area contributed by atoms with Gasteiger partial charge in [0, 0.05) is 30.4 Å². The van der Waals surface area contributed by atoms with Crippen LogP contribution in [0.2, 0.25) is 10.0 Å². The summed E-state index contributed by atoms with van der Waals surface area (Å²) in [4.78, 5) is 12.0. The predicted octanol–water partition coefficient (Wildman–Crippen LogP) is 4.21. The van der Waals surface area contributed by atoms with Crippen LogP contribution in [-0.2, 0) is 4.79 Å². The van der Waals surface area contributed by atoms with E-state index in [2.05, 4.69) is 10.6 Å². The van der Waals surface area contributed by atoms with E-state index < -0.39 is 0 Å². The van der Waals surface area contributed by atoms with Crippen molar-refractivity contribution >= 4 is 40.5 Å². The van der Waals surface area contributed by atoms with Crippen molar-refractivity contribution in [3.63, 3.8) is 0 Å². The number of benzene rings is 2. The molecule has 0 spiro atoms. The van der Waals surface area contributed by atoms with Crippen molar-refractivity contribution in [2.75, 3.05) is 30.4 Å². The van der Waals surface area contributed by atoms with E-state index in [1.807, 2.05) is 6.07 Å². The minimum Gasteiger partial charge on any atom is -0.486 e. The zero-order valence-corrected chi connectivity index (χ0v) is 14.3. The van der Waals surface area contributed by atoms with Crippen molar-refractivity contribution in [1.82, 2.24) is 0 Å². The molecular formula is C17H16Cl2N2O3. The summed E-state index contributed by atoms with van der Waals surface area (Å²) in [5, 5.41) is 6.94. The average Bonchev–Trinajstić information content (AvgIpc) is 2.58. The van der Waals surface area contributed by atoms with Crippen LogP contribution in [0, 0.1) is 0 Å². The molecule has 2 aromatic carbocycles. The first-order valence-corrected chi connectivity index (χ1v) is 8.26. The monoisotopic (exact) mass is 366 g/mol. The van der Waals surface area contributed by atoms with Crippen LogP contribution in [0.3, 0.4) is 0 Å². The predicted molar refractivity (Wildman–Crippen MR) is 95.6 cm³/mol. The number of hydrogen-bond acceptors (Lipinski definition) is 4. The minimum atomic E-state index is -0.0979. The number of halogens is 2. The van der Waals surface area contributed by atoms with Gasteiger partial charge in [-0.15, -0.1) is 0 Å². The van der Waals surface area contributed by atoms with Gasteiger partial charge in [0.2, 0.25) is 5.91 Å². The van der Waals surface area contributed by atoms with Gasteiger partial charge in [-0.25, -0.2) is 0 Å². The molecule has 2 aromatic rings. The van der Waals surface area contributed by atoms with Gasteiger partial charge in [-0.2, -0.15) is 0 Å². The van der Waals surface area contributed by atoms with E-state index in [4.69, 9.17) is 32.7 Å². The molecule has 0 saturated carbocycles. The topological polar surface area (TPSA) is 59.6 Å². The van der Waals surface area contributed by atoms with Crippen LogP contribution in [0.1, 0.15) is 6.42 Å². The first kappa shape index (κ1) is 16.7. The second kappa shape index (κ2) is 7.64. The van der Waals surface area contributed by atoms with Gasteiger partial charge < -0.3 is 20.1 Å². The summed E-state index contributed by atoms with van der Waals surface area (Å²) in [7, 11) is 0. The van der Waals surface area contributed by atoms with Gasteiger partial charge in [-0.1, -0.05) is 23.2 Å². The molecule has 24 heavy (non-hydrogen) atoms. The van der Waals surface area contributed by atoms with Gasteiger partial charge in [0.1, 0.15) is 13.2 Å². The van der Waals surface area contributed by atoms with Crippen molar-refractivity contribution < 1.29 is 14.3 Å². The van der Waals surface area contributed by atoms with Crippen LogP contribution in [0.5, 0.6) is 11.5 Å². The highest BCUT2D eigenvalue weighted by Crippen LogP contribution is 2.32. The quantitative estimate of drug-likeness (QED) is 0.832. The first-order valence-electron chi connectivity index (χ1n) is 7.50. The molecule has 7 heteroatoms. The van der Waals surface area contributed by atoms with Crippen molar-refractivity contribution in [1.29, 1.82) is 0 Å². The number of fused-ring (bicyclic) bond motifs is 1. The molecule has 3 rings (SSSR count). The first-order chi connectivity index (χ1) is 11.6. The van der Waals surface area contributed by atoms with Gasteiger partial charge in [-0.3, -0.25) is 4.79 Å². The molecule has 1 amide bonds. The van der Waals surface area contributed by atoms with Gasteiger partial charge in [0.15, 0.2) is 11.5 Å². The maximum atomic E-state index is 12.0. The fourth-order valence-electron chi connectivity index (χ4n) is 2.27. The number of carbonyl (C=O) groups is 1. The molecule has 126 valence electrons. The van der Waals surface area contributed by atoms with E-state index in [1.165, 1.54) is 0 Å². The molecular weight excluding hydrogens is 351 g/mol. The fraction of sp³-hybridized carbons (Fsp3) is 0.235. The van der Waals surface area contributed by atoms with Crippen LogP contribution < -0.4 is 20.1 Å². The van der Waals surface area contributed by atoms with E-state index in [9.17, 15) is 4.79 Å². The number of carbonyl (C=O) groups excluding carboxylic acids is 1. The highest BCUT2D eigenvalue weighted by molar-refractivity contribution is 6.42. The Labute approximate surface area is 149 Å². The summed E-state index contributed by atoms with van der Waals surface area (Å²) in [5.74, 6) is 1.24. The van der Waals surface area contributed by atoms with Crippen molar-refractivity contribution in [2.24, 2.45) is 0 Å². The third-order valence-corrected chi connectivity index (χ3v) is 4.17. The van der Waals surface area contributed by atoms with Crippen molar-refractivity contribution in [3.8, 4) is 11.5 Å². The van der Waals surface area contributed by atoms with Crippen LogP contribution in [-0.4, -0.2) is 25.7 Å². The lowest BCUT2D eigenvalue weighted by molar-refractivity contribution is -0.115. The molecule has 0 saturated heterocycles. The van der Waals surface area contributed by atoms with Crippen LogP contribution in [0.15, 0.2) is 36.4 Å². The molecule has 1 heterocycles. The Kier molecular flexibility index (Phi) is 5.33. The van der Waals surface area contributed by atoms with E-state index >= 15 is 0 Å². The van der Waals surface area contributed by atoms with Crippen molar-refractivity contribution in [3.05, 3.63) is 46.4 Å². The van der Waals surface area contributed by atoms with E-state index in [0.717, 1.165) is 5.69 Å². The second-order valence-corrected chi connectivity index (χ2v) is 6.03. The molecule has 0 unspecified atom stereocenters. The summed E-state index contributed by atoms with van der Waals surface area (Å²) < 4.78 is 10.9. The van der Waals surface area contributed by atoms with Gasteiger partial charge >= 0.3 is 0 Å². The zero-order valence-electron chi connectivity index (χ0n) is 12.8. The molecule has 2 N–H and O–H groups in total. The molecule has 0 bridgehead atoms. The van der Waals surface area contributed by atoms with Gasteiger partial charge in [-0.05, 0) is 30.3 Å². The molecule has 0 aliphatic carbocycles. The Morgan fingerprint density at radius 3 is 2.50 bits per heavy atom. The number of rotatable bonds is 5. The lowest BCUT2D eigenvalue weighted by atomic mass is 10.2. The molecule has 1 aliphatic heterocycles. The Morgan fingerprint density at radius 1 is 0.958 bits per heavy atom. The smallest absolute Gasteiger partial charge is 0.226 e.